The van der Waals surface area contributed by atoms with Crippen LogP contribution in [0.3, 0.4) is 0 Å². The van der Waals surface area contributed by atoms with E-state index in [-0.39, 0.29) is 16.2 Å². The summed E-state index contributed by atoms with van der Waals surface area (Å²) in [7, 11) is 0. The molecule has 0 aliphatic heterocycles. The summed E-state index contributed by atoms with van der Waals surface area (Å²) in [6.45, 7) is 1.89. The fourth-order valence-electron chi connectivity index (χ4n) is 1.50. The normalized spacial score (nSPS) is 12.5. The third kappa shape index (κ3) is 3.02. The van der Waals surface area contributed by atoms with Crippen LogP contribution in [0.15, 0.2) is 28.7 Å². The molecule has 2 aromatic rings. The molecule has 0 spiro atoms. The molecule has 0 bridgehead atoms. The maximum atomic E-state index is 13.6. The van der Waals surface area contributed by atoms with Crippen molar-refractivity contribution >= 4 is 44.6 Å². The molecule has 1 heterocycles. The van der Waals surface area contributed by atoms with Crippen molar-refractivity contribution in [2.75, 3.05) is 5.32 Å². The second-order valence-electron chi connectivity index (χ2n) is 3.75. The van der Waals surface area contributed by atoms with E-state index in [1.165, 1.54) is 17.4 Å². The molecule has 0 fully saturated rings. The van der Waals surface area contributed by atoms with Crippen molar-refractivity contribution in [1.82, 2.24) is 0 Å². The molecular formula is C12H9BrClF2NS. The molecule has 0 amide bonds. The Balaban J connectivity index is 2.21. The molecule has 1 unspecified atom stereocenters. The minimum absolute atomic E-state index is 0.102. The Bertz CT molecular complexity index is 573. The van der Waals surface area contributed by atoms with Gasteiger partial charge in [-0.2, -0.15) is 0 Å². The summed E-state index contributed by atoms with van der Waals surface area (Å²) >= 11 is 10.3. The van der Waals surface area contributed by atoms with Crippen LogP contribution in [-0.2, 0) is 0 Å². The number of benzene rings is 1. The average molecular weight is 353 g/mol. The van der Waals surface area contributed by atoms with Gasteiger partial charge in [0.15, 0.2) is 0 Å². The Kier molecular flexibility index (Phi) is 4.25. The molecule has 0 radical (unpaired) electrons. The lowest BCUT2D eigenvalue weighted by atomic mass is 10.2. The molecule has 18 heavy (non-hydrogen) atoms. The number of halogens is 4. The Morgan fingerprint density at radius 3 is 2.61 bits per heavy atom. The maximum Gasteiger partial charge on any atom is 0.149 e. The quantitative estimate of drug-likeness (QED) is 0.707. The predicted molar refractivity (Wildman–Crippen MR) is 75.4 cm³/mol. The van der Waals surface area contributed by atoms with E-state index in [4.69, 9.17) is 11.6 Å². The number of hydrogen-bond donors (Lipinski definition) is 1. The molecule has 0 aliphatic carbocycles. The third-order valence-corrected chi connectivity index (χ3v) is 4.42. The fourth-order valence-corrected chi connectivity index (χ4v) is 2.91. The van der Waals surface area contributed by atoms with Gasteiger partial charge in [-0.05, 0) is 41.1 Å². The van der Waals surface area contributed by atoms with E-state index in [2.05, 4.69) is 21.2 Å². The first-order chi connectivity index (χ1) is 8.47. The summed E-state index contributed by atoms with van der Waals surface area (Å²) in [5.41, 5.74) is 0.250. The largest absolute Gasteiger partial charge is 0.375 e. The van der Waals surface area contributed by atoms with Gasteiger partial charge in [-0.25, -0.2) is 8.78 Å². The molecule has 6 heteroatoms. The number of hydrogen-bond acceptors (Lipinski definition) is 2. The number of rotatable bonds is 3. The summed E-state index contributed by atoms with van der Waals surface area (Å²) < 4.78 is 27.6. The molecule has 96 valence electrons. The van der Waals surface area contributed by atoms with Crippen molar-refractivity contribution < 1.29 is 8.78 Å². The molecule has 1 aromatic carbocycles. The molecule has 2 rings (SSSR count). The highest BCUT2D eigenvalue weighted by Crippen LogP contribution is 2.31. The van der Waals surface area contributed by atoms with Crippen molar-refractivity contribution in [3.8, 4) is 0 Å². The number of thiophene rings is 1. The van der Waals surface area contributed by atoms with Crippen molar-refractivity contribution in [1.29, 1.82) is 0 Å². The van der Waals surface area contributed by atoms with Gasteiger partial charge in [0, 0.05) is 10.9 Å². The van der Waals surface area contributed by atoms with Crippen LogP contribution in [-0.4, -0.2) is 0 Å². The van der Waals surface area contributed by atoms with Gasteiger partial charge in [0.2, 0.25) is 0 Å². The SMILES string of the molecule is CC(Nc1cc(Br)c(F)cc1F)c1ccc(Cl)s1. The standard InChI is InChI=1S/C12H9BrClF2NS/c1-6(11-2-3-12(14)18-11)17-10-4-7(13)8(15)5-9(10)16/h2-6,17H,1H3. The van der Waals surface area contributed by atoms with Gasteiger partial charge in [0.05, 0.1) is 20.5 Å². The van der Waals surface area contributed by atoms with E-state index in [1.54, 1.807) is 6.07 Å². The third-order valence-electron chi connectivity index (χ3n) is 2.40. The zero-order valence-electron chi connectivity index (χ0n) is 9.31. The highest BCUT2D eigenvalue weighted by atomic mass is 79.9. The van der Waals surface area contributed by atoms with Crippen LogP contribution in [0.25, 0.3) is 0 Å². The Morgan fingerprint density at radius 2 is 2.00 bits per heavy atom. The van der Waals surface area contributed by atoms with E-state index in [1.807, 2.05) is 13.0 Å². The molecule has 1 N–H and O–H groups in total. The zero-order chi connectivity index (χ0) is 13.3. The summed E-state index contributed by atoms with van der Waals surface area (Å²) in [5.74, 6) is -1.24. The second kappa shape index (κ2) is 5.55. The number of nitrogens with one attached hydrogen (secondary N) is 1. The van der Waals surface area contributed by atoms with Crippen LogP contribution >= 0.6 is 38.9 Å². The van der Waals surface area contributed by atoms with Gasteiger partial charge in [0.25, 0.3) is 0 Å². The van der Waals surface area contributed by atoms with Gasteiger partial charge in [-0.15, -0.1) is 11.3 Å². The predicted octanol–water partition coefficient (Wildman–Crippen LogP) is 5.62. The molecule has 1 atom stereocenters. The van der Waals surface area contributed by atoms with E-state index in [0.717, 1.165) is 10.9 Å². The molecule has 1 nitrogen and oxygen atoms in total. The van der Waals surface area contributed by atoms with Crippen LogP contribution in [0, 0.1) is 11.6 Å². The monoisotopic (exact) mass is 351 g/mol. The Morgan fingerprint density at radius 1 is 1.28 bits per heavy atom. The van der Waals surface area contributed by atoms with Gasteiger partial charge >= 0.3 is 0 Å². The van der Waals surface area contributed by atoms with E-state index in [0.29, 0.717) is 4.34 Å². The highest BCUT2D eigenvalue weighted by molar-refractivity contribution is 9.10. The van der Waals surface area contributed by atoms with Gasteiger partial charge in [-0.1, -0.05) is 11.6 Å². The van der Waals surface area contributed by atoms with Gasteiger partial charge in [0.1, 0.15) is 11.6 Å². The van der Waals surface area contributed by atoms with E-state index >= 15 is 0 Å². The summed E-state index contributed by atoms with van der Waals surface area (Å²) in [4.78, 5) is 0.986. The first-order valence-electron chi connectivity index (χ1n) is 5.13. The van der Waals surface area contributed by atoms with Crippen LogP contribution in [0.5, 0.6) is 0 Å². The fraction of sp³-hybridized carbons (Fsp3) is 0.167. The molecule has 1 aromatic heterocycles. The highest BCUT2D eigenvalue weighted by Gasteiger charge is 2.13. The number of anilines is 1. The van der Waals surface area contributed by atoms with Crippen molar-refractivity contribution in [2.45, 2.75) is 13.0 Å². The van der Waals surface area contributed by atoms with Crippen LogP contribution in [0.2, 0.25) is 4.34 Å². The zero-order valence-corrected chi connectivity index (χ0v) is 12.5. The Labute approximate surface area is 121 Å². The molecular weight excluding hydrogens is 344 g/mol. The van der Waals surface area contributed by atoms with Crippen LogP contribution in [0.1, 0.15) is 17.8 Å². The van der Waals surface area contributed by atoms with Crippen LogP contribution in [0.4, 0.5) is 14.5 Å². The molecule has 0 aliphatic rings. The lowest BCUT2D eigenvalue weighted by Crippen LogP contribution is -2.06. The first-order valence-corrected chi connectivity index (χ1v) is 7.12. The first kappa shape index (κ1) is 13.8. The summed E-state index contributed by atoms with van der Waals surface area (Å²) in [6.07, 6.45) is 0. The average Bonchev–Trinajstić information content (AvgIpc) is 2.73. The van der Waals surface area contributed by atoms with Crippen molar-refractivity contribution in [3.05, 3.63) is 49.6 Å². The van der Waals surface area contributed by atoms with E-state index in [9.17, 15) is 8.78 Å². The minimum atomic E-state index is -0.620. The van der Waals surface area contributed by atoms with E-state index < -0.39 is 11.6 Å². The smallest absolute Gasteiger partial charge is 0.149 e. The lowest BCUT2D eigenvalue weighted by Gasteiger charge is -2.14. The van der Waals surface area contributed by atoms with Crippen LogP contribution < -0.4 is 5.32 Å². The maximum absolute atomic E-state index is 13.6. The second-order valence-corrected chi connectivity index (χ2v) is 6.36. The summed E-state index contributed by atoms with van der Waals surface area (Å²) in [5, 5.41) is 2.99. The van der Waals surface area contributed by atoms with Crippen molar-refractivity contribution in [3.63, 3.8) is 0 Å². The minimum Gasteiger partial charge on any atom is -0.375 e. The van der Waals surface area contributed by atoms with Gasteiger partial charge in [-0.3, -0.25) is 0 Å². The Hall–Kier alpha value is -0.650. The molecule has 0 saturated carbocycles. The topological polar surface area (TPSA) is 12.0 Å². The summed E-state index contributed by atoms with van der Waals surface area (Å²) in [6, 6.07) is 5.80. The van der Waals surface area contributed by atoms with Crippen molar-refractivity contribution in [2.24, 2.45) is 0 Å². The van der Waals surface area contributed by atoms with Gasteiger partial charge < -0.3 is 5.32 Å². The lowest BCUT2D eigenvalue weighted by molar-refractivity contribution is 0.579. The molecule has 0 saturated heterocycles.